The van der Waals surface area contributed by atoms with E-state index in [1.54, 1.807) is 6.92 Å². The molecule has 4 heteroatoms. The minimum Gasteiger partial charge on any atom is -0.335 e. The van der Waals surface area contributed by atoms with Crippen molar-refractivity contribution in [3.05, 3.63) is 29.8 Å². The fraction of sp³-hybridized carbons (Fsp3) is 0.680. The number of anilines is 1. The first-order valence-corrected chi connectivity index (χ1v) is 11.3. The topological polar surface area (TPSA) is 58.2 Å². The molecule has 1 aromatic rings. The average Bonchev–Trinajstić information content (AvgIpc) is 2.57. The van der Waals surface area contributed by atoms with Gasteiger partial charge in [-0.2, -0.15) is 0 Å². The van der Waals surface area contributed by atoms with Crippen molar-refractivity contribution in [1.82, 2.24) is 5.32 Å². The van der Waals surface area contributed by atoms with Gasteiger partial charge in [-0.25, -0.2) is 4.79 Å². The smallest absolute Gasteiger partial charge is 0.319 e. The molecule has 4 fully saturated rings. The SMILES string of the molecule is CC(=O)Cc1ccccc1NC(=O)NC1C2CC3CC1CC(CC(C)(C)C)(C3)C2. The predicted octanol–water partition coefficient (Wildman–Crippen LogP) is 5.57. The lowest BCUT2D eigenvalue weighted by Gasteiger charge is -2.61. The number of nitrogens with one attached hydrogen (secondary N) is 2. The summed E-state index contributed by atoms with van der Waals surface area (Å²) in [6, 6.07) is 7.78. The summed E-state index contributed by atoms with van der Waals surface area (Å²) in [5, 5.41) is 6.36. The maximum Gasteiger partial charge on any atom is 0.319 e. The number of Topliss-reactive ketones (excluding diaryl/α,β-unsaturated/α-hetero) is 1. The normalized spacial score (nSPS) is 32.8. The molecule has 0 aliphatic heterocycles. The number of carbonyl (C=O) groups is 2. The molecule has 4 bridgehead atoms. The van der Waals surface area contributed by atoms with Gasteiger partial charge in [-0.1, -0.05) is 39.0 Å². The van der Waals surface area contributed by atoms with E-state index in [4.69, 9.17) is 0 Å². The molecule has 5 rings (SSSR count). The van der Waals surface area contributed by atoms with Crippen LogP contribution in [0.3, 0.4) is 0 Å². The summed E-state index contributed by atoms with van der Waals surface area (Å²) in [6.45, 7) is 8.69. The van der Waals surface area contributed by atoms with E-state index in [-0.39, 0.29) is 11.8 Å². The van der Waals surface area contributed by atoms with E-state index in [1.807, 2.05) is 24.3 Å². The van der Waals surface area contributed by atoms with Gasteiger partial charge in [0.05, 0.1) is 0 Å². The van der Waals surface area contributed by atoms with Gasteiger partial charge in [0.15, 0.2) is 0 Å². The van der Waals surface area contributed by atoms with E-state index >= 15 is 0 Å². The maximum absolute atomic E-state index is 12.8. The molecule has 0 saturated heterocycles. The van der Waals surface area contributed by atoms with E-state index in [0.717, 1.165) is 17.2 Å². The molecule has 4 aliphatic rings. The Balaban J connectivity index is 1.43. The largest absolute Gasteiger partial charge is 0.335 e. The second kappa shape index (κ2) is 7.45. The molecule has 158 valence electrons. The molecular formula is C25H36N2O2. The molecule has 2 unspecified atom stereocenters. The highest BCUT2D eigenvalue weighted by molar-refractivity contribution is 5.91. The van der Waals surface area contributed by atoms with Gasteiger partial charge in [0, 0.05) is 18.2 Å². The molecule has 2 amide bonds. The van der Waals surface area contributed by atoms with Gasteiger partial charge < -0.3 is 10.6 Å². The number of rotatable bonds is 5. The van der Waals surface area contributed by atoms with Crippen LogP contribution in [0.5, 0.6) is 0 Å². The van der Waals surface area contributed by atoms with Gasteiger partial charge in [0.1, 0.15) is 5.78 Å². The Bertz CT molecular complexity index is 778. The second-order valence-corrected chi connectivity index (χ2v) is 11.4. The Morgan fingerprint density at radius 2 is 1.72 bits per heavy atom. The van der Waals surface area contributed by atoms with Crippen molar-refractivity contribution < 1.29 is 9.59 Å². The van der Waals surface area contributed by atoms with Crippen LogP contribution in [-0.4, -0.2) is 17.9 Å². The Kier molecular flexibility index (Phi) is 5.25. The van der Waals surface area contributed by atoms with Gasteiger partial charge >= 0.3 is 6.03 Å². The molecule has 0 spiro atoms. The predicted molar refractivity (Wildman–Crippen MR) is 117 cm³/mol. The monoisotopic (exact) mass is 396 g/mol. The fourth-order valence-electron chi connectivity index (χ4n) is 7.14. The van der Waals surface area contributed by atoms with E-state index in [9.17, 15) is 9.59 Å². The van der Waals surface area contributed by atoms with E-state index in [2.05, 4.69) is 31.4 Å². The van der Waals surface area contributed by atoms with Gasteiger partial charge in [-0.15, -0.1) is 0 Å². The number of amides is 2. The number of hydrogen-bond donors (Lipinski definition) is 2. The molecule has 4 nitrogen and oxygen atoms in total. The molecule has 2 atom stereocenters. The molecule has 0 aromatic heterocycles. The summed E-state index contributed by atoms with van der Waals surface area (Å²) < 4.78 is 0. The van der Waals surface area contributed by atoms with Crippen molar-refractivity contribution in [2.75, 3.05) is 5.32 Å². The van der Waals surface area contributed by atoms with Crippen molar-refractivity contribution in [3.8, 4) is 0 Å². The van der Waals surface area contributed by atoms with Crippen LogP contribution in [0.25, 0.3) is 0 Å². The molecule has 0 heterocycles. The Morgan fingerprint density at radius 1 is 1.07 bits per heavy atom. The summed E-state index contributed by atoms with van der Waals surface area (Å²) in [5.74, 6) is 2.18. The highest BCUT2D eigenvalue weighted by atomic mass is 16.2. The highest BCUT2D eigenvalue weighted by Gasteiger charge is 2.56. The number of ketones is 1. The van der Waals surface area contributed by atoms with Crippen molar-refractivity contribution in [1.29, 1.82) is 0 Å². The fourth-order valence-corrected chi connectivity index (χ4v) is 7.14. The summed E-state index contributed by atoms with van der Waals surface area (Å²) in [7, 11) is 0. The van der Waals surface area contributed by atoms with Crippen LogP contribution in [0, 0.1) is 28.6 Å². The molecular weight excluding hydrogens is 360 g/mol. The van der Waals surface area contributed by atoms with Crippen molar-refractivity contribution >= 4 is 17.5 Å². The van der Waals surface area contributed by atoms with E-state index in [1.165, 1.54) is 38.5 Å². The van der Waals surface area contributed by atoms with Gasteiger partial charge in [0.25, 0.3) is 0 Å². The molecule has 2 N–H and O–H groups in total. The zero-order valence-corrected chi connectivity index (χ0v) is 18.4. The molecule has 4 saturated carbocycles. The Hall–Kier alpha value is -1.84. The summed E-state index contributed by atoms with van der Waals surface area (Å²) in [4.78, 5) is 24.4. The number of hydrogen-bond acceptors (Lipinski definition) is 2. The highest BCUT2D eigenvalue weighted by Crippen LogP contribution is 2.63. The van der Waals surface area contributed by atoms with E-state index in [0.29, 0.717) is 35.1 Å². The van der Waals surface area contributed by atoms with Crippen LogP contribution in [0.1, 0.15) is 71.8 Å². The summed E-state index contributed by atoms with van der Waals surface area (Å²) >= 11 is 0. The van der Waals surface area contributed by atoms with Crippen LogP contribution in [0.2, 0.25) is 0 Å². The number of para-hydroxylation sites is 1. The van der Waals surface area contributed by atoms with Crippen LogP contribution in [0.4, 0.5) is 10.5 Å². The standard InChI is InChI=1S/C25H36N2O2/c1-16(28)9-18-7-5-6-8-21(18)26-23(29)27-22-19-10-17-11-20(22)14-25(12-17,13-19)15-24(2,3)4/h5-8,17,19-20,22H,9-15H2,1-4H3,(H2,26,27,29). The molecule has 4 aliphatic carbocycles. The van der Waals surface area contributed by atoms with Gasteiger partial charge in [-0.3, -0.25) is 4.79 Å². The van der Waals surface area contributed by atoms with Crippen LogP contribution in [0.15, 0.2) is 24.3 Å². The lowest BCUT2D eigenvalue weighted by atomic mass is 9.46. The maximum atomic E-state index is 12.8. The quantitative estimate of drug-likeness (QED) is 0.683. The third kappa shape index (κ3) is 4.51. The third-order valence-corrected chi connectivity index (χ3v) is 7.31. The Labute approximate surface area is 175 Å². The molecule has 29 heavy (non-hydrogen) atoms. The zero-order valence-electron chi connectivity index (χ0n) is 18.4. The van der Waals surface area contributed by atoms with Gasteiger partial charge in [-0.05, 0) is 85.7 Å². The Morgan fingerprint density at radius 3 is 2.34 bits per heavy atom. The average molecular weight is 397 g/mol. The summed E-state index contributed by atoms with van der Waals surface area (Å²) in [5.41, 5.74) is 2.49. The second-order valence-electron chi connectivity index (χ2n) is 11.4. The summed E-state index contributed by atoms with van der Waals surface area (Å²) in [6.07, 6.45) is 8.13. The number of carbonyl (C=O) groups excluding carboxylic acids is 2. The lowest BCUT2D eigenvalue weighted by molar-refractivity contribution is -0.116. The van der Waals surface area contributed by atoms with Crippen molar-refractivity contribution in [3.63, 3.8) is 0 Å². The van der Waals surface area contributed by atoms with Crippen LogP contribution in [-0.2, 0) is 11.2 Å². The van der Waals surface area contributed by atoms with Crippen LogP contribution < -0.4 is 10.6 Å². The van der Waals surface area contributed by atoms with Crippen molar-refractivity contribution in [2.24, 2.45) is 28.6 Å². The number of benzene rings is 1. The lowest BCUT2D eigenvalue weighted by Crippen LogP contribution is -2.60. The minimum absolute atomic E-state index is 0.102. The number of urea groups is 1. The van der Waals surface area contributed by atoms with Gasteiger partial charge in [0.2, 0.25) is 0 Å². The van der Waals surface area contributed by atoms with E-state index < -0.39 is 0 Å². The first-order valence-electron chi connectivity index (χ1n) is 11.3. The van der Waals surface area contributed by atoms with Crippen LogP contribution >= 0.6 is 0 Å². The first kappa shape index (κ1) is 20.4. The molecule has 1 aromatic carbocycles. The third-order valence-electron chi connectivity index (χ3n) is 7.31. The zero-order chi connectivity index (χ0) is 20.8. The van der Waals surface area contributed by atoms with Crippen molar-refractivity contribution in [2.45, 2.75) is 78.7 Å². The molecule has 0 radical (unpaired) electrons. The minimum atomic E-state index is -0.122. The first-order chi connectivity index (χ1) is 13.6.